The summed E-state index contributed by atoms with van der Waals surface area (Å²) in [6.07, 6.45) is -2.34. The maximum atomic E-state index is 12.9. The molecule has 92 valence electrons. The zero-order valence-electron chi connectivity index (χ0n) is 8.83. The highest BCUT2D eigenvalue weighted by Crippen LogP contribution is 2.18. The molecule has 0 spiro atoms. The predicted octanol–water partition coefficient (Wildman–Crippen LogP) is -0.399. The van der Waals surface area contributed by atoms with E-state index in [0.717, 1.165) is 19.4 Å². The van der Waals surface area contributed by atoms with Gasteiger partial charge in [-0.15, -0.1) is 0 Å². The summed E-state index contributed by atoms with van der Waals surface area (Å²) in [6.45, 7) is 0. The summed E-state index contributed by atoms with van der Waals surface area (Å²) < 4.78 is 17.1. The van der Waals surface area contributed by atoms with Crippen molar-refractivity contribution >= 4 is 12.3 Å². The first-order valence-electron chi connectivity index (χ1n) is 4.55. The van der Waals surface area contributed by atoms with E-state index in [1.807, 2.05) is 0 Å². The van der Waals surface area contributed by atoms with Crippen LogP contribution in [0.2, 0.25) is 0 Å². The van der Waals surface area contributed by atoms with Gasteiger partial charge in [0.25, 0.3) is 0 Å². The third kappa shape index (κ3) is 2.83. The van der Waals surface area contributed by atoms with Crippen molar-refractivity contribution in [3.8, 4) is 0 Å². The highest BCUT2D eigenvalue weighted by Gasteiger charge is 2.27. The quantitative estimate of drug-likeness (QED) is 0.424. The highest BCUT2D eigenvalue weighted by atomic mass is 19.1. The Balaban J connectivity index is 3.00. The van der Waals surface area contributed by atoms with Gasteiger partial charge in [0.2, 0.25) is 5.95 Å². The molecular formula is C10H10FNO5. The van der Waals surface area contributed by atoms with Gasteiger partial charge in [-0.1, -0.05) is 0 Å². The van der Waals surface area contributed by atoms with Crippen molar-refractivity contribution in [1.82, 2.24) is 4.98 Å². The Morgan fingerprint density at radius 3 is 2.76 bits per heavy atom. The molecule has 0 fully saturated rings. The molecule has 2 atom stereocenters. The molecule has 1 heterocycles. The molecule has 0 radical (unpaired) electrons. The van der Waals surface area contributed by atoms with Crippen LogP contribution in [0.5, 0.6) is 0 Å². The third-order valence-corrected chi connectivity index (χ3v) is 2.10. The molecule has 0 aliphatic rings. The van der Waals surface area contributed by atoms with Gasteiger partial charge in [0.1, 0.15) is 6.10 Å². The minimum Gasteiger partial charge on any atom is -0.467 e. The first kappa shape index (κ1) is 13.2. The van der Waals surface area contributed by atoms with Crippen LogP contribution in [-0.4, -0.2) is 40.7 Å². The van der Waals surface area contributed by atoms with Crippen LogP contribution in [0.4, 0.5) is 4.39 Å². The number of hydrogen-bond donors (Lipinski definition) is 2. The highest BCUT2D eigenvalue weighted by molar-refractivity contribution is 5.76. The minimum atomic E-state index is -1.83. The van der Waals surface area contributed by atoms with Crippen LogP contribution < -0.4 is 0 Å². The van der Waals surface area contributed by atoms with E-state index in [0.29, 0.717) is 0 Å². The van der Waals surface area contributed by atoms with Crippen molar-refractivity contribution in [2.24, 2.45) is 0 Å². The van der Waals surface area contributed by atoms with Gasteiger partial charge < -0.3 is 14.9 Å². The lowest BCUT2D eigenvalue weighted by molar-refractivity contribution is -0.156. The van der Waals surface area contributed by atoms with Gasteiger partial charge in [0.15, 0.2) is 12.4 Å². The van der Waals surface area contributed by atoms with Crippen LogP contribution >= 0.6 is 0 Å². The molecule has 1 aromatic heterocycles. The first-order valence-corrected chi connectivity index (χ1v) is 4.55. The number of aldehydes is 1. The normalized spacial score (nSPS) is 13.9. The third-order valence-electron chi connectivity index (χ3n) is 2.10. The second-order valence-electron chi connectivity index (χ2n) is 3.18. The number of esters is 1. The average Bonchev–Trinajstić information content (AvgIpc) is 2.36. The van der Waals surface area contributed by atoms with Gasteiger partial charge in [-0.05, 0) is 6.07 Å². The number of aliphatic hydroxyl groups is 2. The Morgan fingerprint density at radius 1 is 1.59 bits per heavy atom. The number of halogens is 1. The van der Waals surface area contributed by atoms with E-state index in [2.05, 4.69) is 9.72 Å². The van der Waals surface area contributed by atoms with E-state index >= 15 is 0 Å². The second kappa shape index (κ2) is 5.46. The number of pyridine rings is 1. The van der Waals surface area contributed by atoms with E-state index in [4.69, 9.17) is 0 Å². The fourth-order valence-corrected chi connectivity index (χ4v) is 1.16. The lowest BCUT2D eigenvalue weighted by Gasteiger charge is -2.15. The molecule has 2 N–H and O–H groups in total. The number of methoxy groups -OCH3 is 1. The molecule has 0 saturated carbocycles. The van der Waals surface area contributed by atoms with Crippen molar-refractivity contribution in [1.29, 1.82) is 0 Å². The van der Waals surface area contributed by atoms with Gasteiger partial charge in [0, 0.05) is 11.8 Å². The predicted molar refractivity (Wildman–Crippen MR) is 52.6 cm³/mol. The Hall–Kier alpha value is -1.86. The largest absolute Gasteiger partial charge is 0.467 e. The van der Waals surface area contributed by atoms with Crippen molar-refractivity contribution in [3.05, 3.63) is 29.3 Å². The van der Waals surface area contributed by atoms with Crippen LogP contribution in [0.15, 0.2) is 12.3 Å². The van der Waals surface area contributed by atoms with Crippen molar-refractivity contribution in [2.75, 3.05) is 7.11 Å². The van der Waals surface area contributed by atoms with Crippen molar-refractivity contribution < 1.29 is 28.9 Å². The smallest absolute Gasteiger partial charge is 0.337 e. The Bertz CT molecular complexity index is 437. The topological polar surface area (TPSA) is 96.7 Å². The van der Waals surface area contributed by atoms with E-state index in [-0.39, 0.29) is 17.4 Å². The van der Waals surface area contributed by atoms with E-state index < -0.39 is 24.1 Å². The van der Waals surface area contributed by atoms with Gasteiger partial charge in [-0.2, -0.15) is 4.39 Å². The molecule has 0 amide bonds. The SMILES string of the molecule is COC(=O)C(O)C(O)c1cnc(F)c(C=O)c1. The molecule has 0 aliphatic heterocycles. The zero-order valence-corrected chi connectivity index (χ0v) is 8.83. The molecule has 2 unspecified atom stereocenters. The van der Waals surface area contributed by atoms with Crippen LogP contribution in [0, 0.1) is 5.95 Å². The number of rotatable bonds is 4. The lowest BCUT2D eigenvalue weighted by atomic mass is 10.1. The monoisotopic (exact) mass is 243 g/mol. The summed E-state index contributed by atoms with van der Waals surface area (Å²) in [5.74, 6) is -2.04. The van der Waals surface area contributed by atoms with Gasteiger partial charge in [-0.3, -0.25) is 4.79 Å². The summed E-state index contributed by atoms with van der Waals surface area (Å²) in [6, 6.07) is 0.992. The van der Waals surface area contributed by atoms with Crippen LogP contribution in [0.25, 0.3) is 0 Å². The summed E-state index contributed by atoms with van der Waals surface area (Å²) in [5.41, 5.74) is -0.440. The number of aromatic nitrogens is 1. The fourth-order valence-electron chi connectivity index (χ4n) is 1.16. The van der Waals surface area contributed by atoms with Crippen LogP contribution in [0.1, 0.15) is 22.0 Å². The summed E-state index contributed by atoms with van der Waals surface area (Å²) in [4.78, 5) is 24.6. The zero-order chi connectivity index (χ0) is 13.0. The summed E-state index contributed by atoms with van der Waals surface area (Å²) in [5, 5.41) is 18.9. The summed E-state index contributed by atoms with van der Waals surface area (Å²) in [7, 11) is 1.04. The first-order chi connectivity index (χ1) is 8.01. The fraction of sp³-hybridized carbons (Fsp3) is 0.300. The minimum absolute atomic E-state index is 0.0635. The van der Waals surface area contributed by atoms with Crippen LogP contribution in [-0.2, 0) is 9.53 Å². The Kier molecular flexibility index (Phi) is 4.24. The second-order valence-corrected chi connectivity index (χ2v) is 3.18. The molecule has 0 aliphatic carbocycles. The van der Waals surface area contributed by atoms with Gasteiger partial charge >= 0.3 is 5.97 Å². The van der Waals surface area contributed by atoms with Gasteiger partial charge in [0.05, 0.1) is 12.7 Å². The molecule has 17 heavy (non-hydrogen) atoms. The van der Waals surface area contributed by atoms with E-state index in [9.17, 15) is 24.2 Å². The lowest BCUT2D eigenvalue weighted by Crippen LogP contribution is -2.29. The number of aliphatic hydroxyl groups excluding tert-OH is 2. The molecule has 1 rings (SSSR count). The van der Waals surface area contributed by atoms with E-state index in [1.54, 1.807) is 0 Å². The number of ether oxygens (including phenoxy) is 1. The number of nitrogens with zero attached hydrogens (tertiary/aromatic N) is 1. The summed E-state index contributed by atoms with van der Waals surface area (Å²) >= 11 is 0. The molecule has 6 nitrogen and oxygen atoms in total. The number of hydrogen-bond acceptors (Lipinski definition) is 6. The Morgan fingerprint density at radius 2 is 2.24 bits per heavy atom. The molecule has 0 bridgehead atoms. The molecular weight excluding hydrogens is 233 g/mol. The maximum absolute atomic E-state index is 12.9. The molecule has 0 aromatic carbocycles. The van der Waals surface area contributed by atoms with Crippen LogP contribution in [0.3, 0.4) is 0 Å². The molecule has 7 heteroatoms. The van der Waals surface area contributed by atoms with Crippen molar-refractivity contribution in [3.63, 3.8) is 0 Å². The van der Waals surface area contributed by atoms with Gasteiger partial charge in [-0.25, -0.2) is 9.78 Å². The van der Waals surface area contributed by atoms with Crippen molar-refractivity contribution in [2.45, 2.75) is 12.2 Å². The molecule has 0 saturated heterocycles. The molecule has 1 aromatic rings. The number of carbonyl (C=O) groups excluding carboxylic acids is 2. The standard InChI is InChI=1S/C10H10FNO5/c1-17-10(16)8(15)7(14)5-2-6(4-13)9(11)12-3-5/h2-4,7-8,14-15H,1H3. The Labute approximate surface area is 95.7 Å². The van der Waals surface area contributed by atoms with E-state index in [1.165, 1.54) is 0 Å². The number of carbonyl (C=O) groups is 2. The average molecular weight is 243 g/mol. The maximum Gasteiger partial charge on any atom is 0.337 e.